The zero-order valence-electron chi connectivity index (χ0n) is 18.0. The lowest BCUT2D eigenvalue weighted by molar-refractivity contribution is 0.0322. The van der Waals surface area contributed by atoms with Gasteiger partial charge in [-0.1, -0.05) is 30.3 Å². The predicted octanol–water partition coefficient (Wildman–Crippen LogP) is 3.41. The van der Waals surface area contributed by atoms with Gasteiger partial charge in [0, 0.05) is 38.3 Å². The molecule has 8 heteroatoms. The Bertz CT molecular complexity index is 798. The molecule has 0 aliphatic carbocycles. The molecule has 2 aromatic carbocycles. The van der Waals surface area contributed by atoms with E-state index in [1.807, 2.05) is 25.1 Å². The van der Waals surface area contributed by atoms with Crippen LogP contribution in [0.25, 0.3) is 0 Å². The number of hydrogen-bond acceptors (Lipinski definition) is 4. The zero-order chi connectivity index (χ0) is 21.0. The van der Waals surface area contributed by atoms with Crippen molar-refractivity contribution in [1.29, 1.82) is 0 Å². The van der Waals surface area contributed by atoms with Gasteiger partial charge in [-0.3, -0.25) is 4.90 Å². The molecule has 0 unspecified atom stereocenters. The lowest BCUT2D eigenvalue weighted by Gasteiger charge is -2.26. The predicted molar refractivity (Wildman–Crippen MR) is 133 cm³/mol. The second kappa shape index (κ2) is 14.2. The summed E-state index contributed by atoms with van der Waals surface area (Å²) in [5, 5.41) is 6.60. The average molecular weight is 542 g/mol. The number of para-hydroxylation sites is 1. The summed E-state index contributed by atoms with van der Waals surface area (Å²) in [5.41, 5.74) is 2.03. The Hall–Kier alpha value is -1.91. The number of halogens is 2. The Labute approximate surface area is 201 Å². The molecule has 3 rings (SSSR count). The van der Waals surface area contributed by atoms with E-state index < -0.39 is 0 Å². The standard InChI is InChI=1S/C23H31FN4O2.HI/c1-2-25-23(26-17-19-7-9-21(24)10-8-19)27-18-20-5-3-4-6-22(20)30-16-13-28-11-14-29-15-12-28;/h3-10H,2,11-18H2,1H3,(H2,25,26,27);1H. The fraction of sp³-hybridized carbons (Fsp3) is 0.435. The average Bonchev–Trinajstić information content (AvgIpc) is 2.78. The Morgan fingerprint density at radius 3 is 2.58 bits per heavy atom. The topological polar surface area (TPSA) is 58.1 Å². The minimum atomic E-state index is -0.238. The Kier molecular flexibility index (Phi) is 11.6. The summed E-state index contributed by atoms with van der Waals surface area (Å²) >= 11 is 0. The van der Waals surface area contributed by atoms with Gasteiger partial charge >= 0.3 is 0 Å². The molecule has 0 atom stereocenters. The molecule has 0 spiro atoms. The van der Waals surface area contributed by atoms with Crippen LogP contribution >= 0.6 is 24.0 Å². The lowest BCUT2D eigenvalue weighted by Crippen LogP contribution is -2.38. The van der Waals surface area contributed by atoms with Gasteiger partial charge in [0.15, 0.2) is 5.96 Å². The number of nitrogens with one attached hydrogen (secondary N) is 2. The van der Waals surface area contributed by atoms with Crippen molar-refractivity contribution in [2.75, 3.05) is 46.0 Å². The third-order valence-corrected chi connectivity index (χ3v) is 4.86. The quantitative estimate of drug-likeness (QED) is 0.289. The summed E-state index contributed by atoms with van der Waals surface area (Å²) in [7, 11) is 0. The number of benzene rings is 2. The number of ether oxygens (including phenoxy) is 2. The van der Waals surface area contributed by atoms with Gasteiger partial charge in [0.25, 0.3) is 0 Å². The van der Waals surface area contributed by atoms with Crippen LogP contribution in [-0.4, -0.2) is 56.9 Å². The summed E-state index contributed by atoms with van der Waals surface area (Å²) in [6.07, 6.45) is 0. The van der Waals surface area contributed by atoms with E-state index in [-0.39, 0.29) is 29.8 Å². The highest BCUT2D eigenvalue weighted by Gasteiger charge is 2.11. The van der Waals surface area contributed by atoms with Gasteiger partial charge in [-0.15, -0.1) is 24.0 Å². The highest BCUT2D eigenvalue weighted by atomic mass is 127. The van der Waals surface area contributed by atoms with Crippen molar-refractivity contribution in [2.45, 2.75) is 20.0 Å². The lowest BCUT2D eigenvalue weighted by atomic mass is 10.2. The Morgan fingerprint density at radius 1 is 1.10 bits per heavy atom. The maximum absolute atomic E-state index is 13.1. The van der Waals surface area contributed by atoms with E-state index in [9.17, 15) is 4.39 Å². The molecule has 1 aliphatic heterocycles. The van der Waals surface area contributed by atoms with Crippen LogP contribution in [0, 0.1) is 5.82 Å². The molecule has 1 saturated heterocycles. The van der Waals surface area contributed by atoms with Crippen molar-refractivity contribution in [2.24, 2.45) is 4.99 Å². The molecule has 6 nitrogen and oxygen atoms in total. The molecule has 0 aromatic heterocycles. The monoisotopic (exact) mass is 542 g/mol. The van der Waals surface area contributed by atoms with E-state index in [0.29, 0.717) is 25.7 Å². The molecule has 2 aromatic rings. The van der Waals surface area contributed by atoms with Gasteiger partial charge in [-0.25, -0.2) is 9.38 Å². The molecule has 31 heavy (non-hydrogen) atoms. The van der Waals surface area contributed by atoms with Crippen molar-refractivity contribution in [3.05, 3.63) is 65.5 Å². The van der Waals surface area contributed by atoms with Crippen LogP contribution in [0.15, 0.2) is 53.5 Å². The summed E-state index contributed by atoms with van der Waals surface area (Å²) in [4.78, 5) is 6.95. The number of nitrogens with zero attached hydrogens (tertiary/aromatic N) is 2. The minimum Gasteiger partial charge on any atom is -0.492 e. The first-order chi connectivity index (χ1) is 14.7. The molecule has 1 fully saturated rings. The van der Waals surface area contributed by atoms with E-state index in [1.54, 1.807) is 12.1 Å². The molecule has 0 amide bonds. The van der Waals surface area contributed by atoms with Crippen molar-refractivity contribution < 1.29 is 13.9 Å². The van der Waals surface area contributed by atoms with Crippen molar-refractivity contribution in [1.82, 2.24) is 15.5 Å². The molecule has 0 radical (unpaired) electrons. The van der Waals surface area contributed by atoms with E-state index >= 15 is 0 Å². The first-order valence-electron chi connectivity index (χ1n) is 10.5. The summed E-state index contributed by atoms with van der Waals surface area (Å²) < 4.78 is 24.5. The molecule has 170 valence electrons. The Balaban J connectivity index is 0.00000341. The molecule has 0 bridgehead atoms. The summed E-state index contributed by atoms with van der Waals surface area (Å²) in [5.74, 6) is 1.36. The maximum atomic E-state index is 13.1. The number of guanidine groups is 1. The number of hydrogen-bond donors (Lipinski definition) is 2. The third-order valence-electron chi connectivity index (χ3n) is 4.86. The van der Waals surface area contributed by atoms with Gasteiger partial charge in [0.2, 0.25) is 0 Å². The van der Waals surface area contributed by atoms with E-state index in [4.69, 9.17) is 9.47 Å². The fourth-order valence-electron chi connectivity index (χ4n) is 3.18. The first-order valence-corrected chi connectivity index (χ1v) is 10.5. The minimum absolute atomic E-state index is 0. The second-order valence-corrected chi connectivity index (χ2v) is 7.09. The molecular formula is C23H32FIN4O2. The number of aliphatic imine (C=N–C) groups is 1. The van der Waals surface area contributed by atoms with Crippen molar-refractivity contribution in [3.63, 3.8) is 0 Å². The highest BCUT2D eigenvalue weighted by Crippen LogP contribution is 2.17. The van der Waals surface area contributed by atoms with Crippen molar-refractivity contribution in [3.8, 4) is 5.75 Å². The molecule has 1 aliphatic rings. The highest BCUT2D eigenvalue weighted by molar-refractivity contribution is 14.0. The molecule has 0 saturated carbocycles. The number of rotatable bonds is 9. The maximum Gasteiger partial charge on any atom is 0.191 e. The molecule has 2 N–H and O–H groups in total. The van der Waals surface area contributed by atoms with E-state index in [2.05, 4.69) is 26.6 Å². The van der Waals surface area contributed by atoms with Gasteiger partial charge in [-0.05, 0) is 30.7 Å². The van der Waals surface area contributed by atoms with Crippen LogP contribution in [0.3, 0.4) is 0 Å². The summed E-state index contributed by atoms with van der Waals surface area (Å²) in [6, 6.07) is 14.5. The largest absolute Gasteiger partial charge is 0.492 e. The zero-order valence-corrected chi connectivity index (χ0v) is 20.3. The van der Waals surface area contributed by atoms with Crippen molar-refractivity contribution >= 4 is 29.9 Å². The first kappa shape index (κ1) is 25.4. The van der Waals surface area contributed by atoms with E-state index in [0.717, 1.165) is 56.3 Å². The van der Waals surface area contributed by atoms with Crippen LogP contribution in [0.1, 0.15) is 18.1 Å². The third kappa shape index (κ3) is 9.00. The van der Waals surface area contributed by atoms with Crippen LogP contribution in [0.5, 0.6) is 5.75 Å². The van der Waals surface area contributed by atoms with Gasteiger partial charge in [0.1, 0.15) is 18.2 Å². The fourth-order valence-corrected chi connectivity index (χ4v) is 3.18. The smallest absolute Gasteiger partial charge is 0.191 e. The van der Waals surface area contributed by atoms with Crippen LogP contribution in [0.2, 0.25) is 0 Å². The van der Waals surface area contributed by atoms with Crippen LogP contribution in [0.4, 0.5) is 4.39 Å². The van der Waals surface area contributed by atoms with Gasteiger partial charge in [0.05, 0.1) is 19.8 Å². The Morgan fingerprint density at radius 2 is 1.84 bits per heavy atom. The second-order valence-electron chi connectivity index (χ2n) is 7.09. The molecular weight excluding hydrogens is 510 g/mol. The number of morpholine rings is 1. The van der Waals surface area contributed by atoms with Gasteiger partial charge in [-0.2, -0.15) is 0 Å². The van der Waals surface area contributed by atoms with E-state index in [1.165, 1.54) is 12.1 Å². The SMILES string of the molecule is CCNC(=NCc1ccc(F)cc1)NCc1ccccc1OCCN1CCOCC1.I. The molecule has 1 heterocycles. The van der Waals surface area contributed by atoms with Crippen LogP contribution < -0.4 is 15.4 Å². The summed E-state index contributed by atoms with van der Waals surface area (Å²) in [6.45, 7) is 8.92. The van der Waals surface area contributed by atoms with Crippen LogP contribution in [-0.2, 0) is 17.8 Å². The van der Waals surface area contributed by atoms with Gasteiger partial charge < -0.3 is 20.1 Å². The normalized spacial score (nSPS) is 14.6.